The lowest BCUT2D eigenvalue weighted by molar-refractivity contribution is 0.0918. The first-order valence-electron chi connectivity index (χ1n) is 5.85. The Kier molecular flexibility index (Phi) is 3.04. The van der Waals surface area contributed by atoms with Gasteiger partial charge in [0.2, 0.25) is 11.7 Å². The second-order valence-electron chi connectivity index (χ2n) is 4.07. The number of carbonyl (C=O) groups excluding carboxylic acids is 1. The van der Waals surface area contributed by atoms with Crippen LogP contribution in [0.15, 0.2) is 39.7 Å². The lowest BCUT2D eigenvalue weighted by Gasteiger charge is -1.97. The molecule has 1 N–H and O–H groups in total. The van der Waals surface area contributed by atoms with Crippen LogP contribution < -0.4 is 5.32 Å². The van der Waals surface area contributed by atoms with E-state index in [1.165, 1.54) is 6.26 Å². The van der Waals surface area contributed by atoms with Gasteiger partial charge in [-0.1, -0.05) is 5.16 Å². The minimum atomic E-state index is -0.337. The Balaban J connectivity index is 1.64. The number of nitrogens with one attached hydrogen (secondary N) is 1. The Hall–Kier alpha value is -2.90. The molecule has 0 radical (unpaired) electrons. The summed E-state index contributed by atoms with van der Waals surface area (Å²) < 4.78 is 11.7. The summed E-state index contributed by atoms with van der Waals surface area (Å²) in [4.78, 5) is 15.8. The summed E-state index contributed by atoms with van der Waals surface area (Å²) in [6, 6.07) is 3.21. The van der Waals surface area contributed by atoms with Crippen LogP contribution in [-0.4, -0.2) is 25.8 Å². The molecule has 0 aromatic carbocycles. The van der Waals surface area contributed by atoms with Crippen molar-refractivity contribution in [3.63, 3.8) is 0 Å². The summed E-state index contributed by atoms with van der Waals surface area (Å²) >= 11 is 0. The molecule has 8 nitrogen and oxygen atoms in total. The van der Waals surface area contributed by atoms with Gasteiger partial charge in [0.1, 0.15) is 0 Å². The van der Waals surface area contributed by atoms with Gasteiger partial charge in [0.25, 0.3) is 5.91 Å². The smallest absolute Gasteiger partial charge is 0.287 e. The van der Waals surface area contributed by atoms with Crippen LogP contribution in [-0.2, 0) is 13.6 Å². The average Bonchev–Trinajstić information content (AvgIpc) is 3.16. The van der Waals surface area contributed by atoms with Gasteiger partial charge < -0.3 is 14.3 Å². The standard InChI is InChI=1S/C12H11N5O3/c1-17-7-8(5-14-17)11-15-10(20-16-11)6-13-12(18)9-3-2-4-19-9/h2-5,7H,6H2,1H3,(H,13,18). The summed E-state index contributed by atoms with van der Waals surface area (Å²) in [5.74, 6) is 0.636. The van der Waals surface area contributed by atoms with Crippen LogP contribution in [0.2, 0.25) is 0 Å². The molecule has 0 spiro atoms. The highest BCUT2D eigenvalue weighted by Crippen LogP contribution is 2.13. The molecule has 3 aromatic heterocycles. The average molecular weight is 273 g/mol. The van der Waals surface area contributed by atoms with Crippen LogP contribution in [0, 0.1) is 0 Å². The molecule has 0 fully saturated rings. The molecule has 0 unspecified atom stereocenters. The van der Waals surface area contributed by atoms with Gasteiger partial charge in [-0.3, -0.25) is 9.48 Å². The molecule has 0 atom stereocenters. The molecule has 1 amide bonds. The predicted octanol–water partition coefficient (Wildman–Crippen LogP) is 0.993. The molecular weight excluding hydrogens is 262 g/mol. The number of nitrogens with zero attached hydrogens (tertiary/aromatic N) is 4. The zero-order chi connectivity index (χ0) is 13.9. The summed E-state index contributed by atoms with van der Waals surface area (Å²) in [5, 5.41) is 10.5. The second kappa shape index (κ2) is 5.00. The number of amides is 1. The largest absolute Gasteiger partial charge is 0.459 e. The van der Waals surface area contributed by atoms with Crippen molar-refractivity contribution in [3.8, 4) is 11.4 Å². The molecule has 0 saturated heterocycles. The minimum absolute atomic E-state index is 0.132. The van der Waals surface area contributed by atoms with Crippen molar-refractivity contribution in [2.45, 2.75) is 6.54 Å². The van der Waals surface area contributed by atoms with Crippen LogP contribution in [0.25, 0.3) is 11.4 Å². The maximum atomic E-state index is 11.7. The quantitative estimate of drug-likeness (QED) is 0.761. The predicted molar refractivity (Wildman–Crippen MR) is 66.4 cm³/mol. The number of aromatic nitrogens is 4. The SMILES string of the molecule is Cn1cc(-c2noc(CNC(=O)c3ccco3)n2)cn1. The molecule has 8 heteroatoms. The lowest BCUT2D eigenvalue weighted by Crippen LogP contribution is -2.22. The Morgan fingerprint density at radius 3 is 3.10 bits per heavy atom. The molecule has 0 aliphatic rings. The van der Waals surface area contributed by atoms with Gasteiger partial charge in [-0.25, -0.2) is 0 Å². The van der Waals surface area contributed by atoms with Crippen molar-refractivity contribution in [2.75, 3.05) is 0 Å². The number of hydrogen-bond acceptors (Lipinski definition) is 6. The Labute approximate surface area is 113 Å². The fraction of sp³-hybridized carbons (Fsp3) is 0.167. The molecule has 0 aliphatic carbocycles. The lowest BCUT2D eigenvalue weighted by atomic mass is 10.3. The number of rotatable bonds is 4. The first kappa shape index (κ1) is 12.2. The van der Waals surface area contributed by atoms with Crippen molar-refractivity contribution in [1.82, 2.24) is 25.2 Å². The van der Waals surface area contributed by atoms with E-state index in [2.05, 4.69) is 20.6 Å². The molecule has 0 bridgehead atoms. The van der Waals surface area contributed by atoms with Gasteiger partial charge in [-0.15, -0.1) is 0 Å². The number of carbonyl (C=O) groups is 1. The Bertz CT molecular complexity index is 713. The van der Waals surface area contributed by atoms with Crippen molar-refractivity contribution >= 4 is 5.91 Å². The number of hydrogen-bond donors (Lipinski definition) is 1. The molecule has 3 rings (SSSR count). The third-order valence-electron chi connectivity index (χ3n) is 2.58. The van der Waals surface area contributed by atoms with E-state index in [1.54, 1.807) is 36.3 Å². The second-order valence-corrected chi connectivity index (χ2v) is 4.07. The van der Waals surface area contributed by atoms with Gasteiger partial charge in [-0.05, 0) is 12.1 Å². The minimum Gasteiger partial charge on any atom is -0.459 e. The van der Waals surface area contributed by atoms with Crippen LogP contribution in [0.3, 0.4) is 0 Å². The van der Waals surface area contributed by atoms with Crippen molar-refractivity contribution in [2.24, 2.45) is 7.05 Å². The Morgan fingerprint density at radius 2 is 2.40 bits per heavy atom. The normalized spacial score (nSPS) is 10.7. The number of furan rings is 1. The molecule has 0 saturated carbocycles. The van der Waals surface area contributed by atoms with Crippen LogP contribution in [0.5, 0.6) is 0 Å². The third-order valence-corrected chi connectivity index (χ3v) is 2.58. The number of aryl methyl sites for hydroxylation is 1. The Morgan fingerprint density at radius 1 is 1.50 bits per heavy atom. The van der Waals surface area contributed by atoms with Gasteiger partial charge in [-0.2, -0.15) is 10.1 Å². The van der Waals surface area contributed by atoms with E-state index in [9.17, 15) is 4.79 Å². The molecule has 102 valence electrons. The molecule has 3 heterocycles. The van der Waals surface area contributed by atoms with E-state index >= 15 is 0 Å². The molecular formula is C12H11N5O3. The first-order valence-corrected chi connectivity index (χ1v) is 5.85. The first-order chi connectivity index (χ1) is 9.72. The highest BCUT2D eigenvalue weighted by atomic mass is 16.5. The van der Waals surface area contributed by atoms with E-state index in [0.29, 0.717) is 11.7 Å². The van der Waals surface area contributed by atoms with Crippen LogP contribution in [0.1, 0.15) is 16.4 Å². The highest BCUT2D eigenvalue weighted by Gasteiger charge is 2.13. The summed E-state index contributed by atoms with van der Waals surface area (Å²) in [6.45, 7) is 0.132. The van der Waals surface area contributed by atoms with Crippen LogP contribution >= 0.6 is 0 Å². The highest BCUT2D eigenvalue weighted by molar-refractivity contribution is 5.91. The van der Waals surface area contributed by atoms with Crippen molar-refractivity contribution < 1.29 is 13.7 Å². The van der Waals surface area contributed by atoms with E-state index in [0.717, 1.165) is 5.56 Å². The fourth-order valence-electron chi connectivity index (χ4n) is 1.63. The third kappa shape index (κ3) is 2.44. The maximum Gasteiger partial charge on any atom is 0.287 e. The molecule has 0 aliphatic heterocycles. The van der Waals surface area contributed by atoms with Gasteiger partial charge in [0.15, 0.2) is 5.76 Å². The van der Waals surface area contributed by atoms with Crippen LogP contribution in [0.4, 0.5) is 0 Å². The summed E-state index contributed by atoms with van der Waals surface area (Å²) in [7, 11) is 1.80. The van der Waals surface area contributed by atoms with Crippen molar-refractivity contribution in [1.29, 1.82) is 0 Å². The van der Waals surface area contributed by atoms with Gasteiger partial charge in [0, 0.05) is 13.2 Å². The maximum absolute atomic E-state index is 11.7. The summed E-state index contributed by atoms with van der Waals surface area (Å²) in [6.07, 6.45) is 4.84. The van der Waals surface area contributed by atoms with Crippen molar-refractivity contribution in [3.05, 3.63) is 42.4 Å². The zero-order valence-corrected chi connectivity index (χ0v) is 10.6. The fourth-order valence-corrected chi connectivity index (χ4v) is 1.63. The van der Waals surface area contributed by atoms with Gasteiger partial charge in [0.05, 0.1) is 24.6 Å². The van der Waals surface area contributed by atoms with E-state index in [1.807, 2.05) is 0 Å². The summed E-state index contributed by atoms with van der Waals surface area (Å²) in [5.41, 5.74) is 0.750. The molecule has 20 heavy (non-hydrogen) atoms. The van der Waals surface area contributed by atoms with E-state index in [-0.39, 0.29) is 18.2 Å². The van der Waals surface area contributed by atoms with E-state index < -0.39 is 0 Å². The molecule has 3 aromatic rings. The van der Waals surface area contributed by atoms with Gasteiger partial charge >= 0.3 is 0 Å². The van der Waals surface area contributed by atoms with E-state index in [4.69, 9.17) is 8.94 Å². The zero-order valence-electron chi connectivity index (χ0n) is 10.6. The monoisotopic (exact) mass is 273 g/mol. The topological polar surface area (TPSA) is 99.0 Å².